The van der Waals surface area contributed by atoms with E-state index in [1.54, 1.807) is 0 Å². The fourth-order valence-electron chi connectivity index (χ4n) is 4.40. The van der Waals surface area contributed by atoms with E-state index in [2.05, 4.69) is 5.32 Å². The first-order chi connectivity index (χ1) is 17.5. The number of ether oxygens (including phenoxy) is 2. The van der Waals surface area contributed by atoms with E-state index in [9.17, 15) is 27.9 Å². The van der Waals surface area contributed by atoms with Crippen LogP contribution in [0.4, 0.5) is 18.0 Å². The average Bonchev–Trinajstić information content (AvgIpc) is 3.19. The minimum absolute atomic E-state index is 0.0180. The van der Waals surface area contributed by atoms with Crippen molar-refractivity contribution in [2.45, 2.75) is 37.6 Å². The first-order valence-corrected chi connectivity index (χ1v) is 11.6. The summed E-state index contributed by atoms with van der Waals surface area (Å²) in [4.78, 5) is 25.2. The zero-order valence-corrected chi connectivity index (χ0v) is 20.2. The van der Waals surface area contributed by atoms with Gasteiger partial charge in [0.1, 0.15) is 12.2 Å². The van der Waals surface area contributed by atoms with E-state index in [1.807, 2.05) is 48.5 Å². The number of alkyl halides is 3. The van der Waals surface area contributed by atoms with Gasteiger partial charge in [-0.05, 0) is 53.8 Å². The van der Waals surface area contributed by atoms with Crippen LogP contribution < -0.4 is 5.32 Å². The number of carbonyl (C=O) groups excluding carboxylic acids is 2. The summed E-state index contributed by atoms with van der Waals surface area (Å²) < 4.78 is 49.4. The summed E-state index contributed by atoms with van der Waals surface area (Å²) in [5, 5.41) is 12.0. The molecule has 0 heterocycles. The van der Waals surface area contributed by atoms with E-state index >= 15 is 0 Å². The standard InChI is InChI=1S/C28H26F3NO5/c1-27(2,17-11-13-18(14-12-17)28(29,30)31)37-25(34)24(15-33)32-26(35)36-16-23-21-9-5-3-7-19(21)20-8-4-6-10-22(20)23/h3-14,23-24,33H,15-16H2,1-2H3,(H,32,35). The summed E-state index contributed by atoms with van der Waals surface area (Å²) >= 11 is 0. The Morgan fingerprint density at radius 3 is 1.92 bits per heavy atom. The van der Waals surface area contributed by atoms with Crippen LogP contribution in [0.5, 0.6) is 0 Å². The van der Waals surface area contributed by atoms with Gasteiger partial charge < -0.3 is 19.9 Å². The monoisotopic (exact) mass is 513 g/mol. The summed E-state index contributed by atoms with van der Waals surface area (Å²) in [6.45, 7) is 2.25. The van der Waals surface area contributed by atoms with E-state index in [-0.39, 0.29) is 12.5 Å². The van der Waals surface area contributed by atoms with Crippen molar-refractivity contribution in [1.82, 2.24) is 5.32 Å². The third kappa shape index (κ3) is 5.61. The molecule has 9 heteroatoms. The number of halogens is 3. The van der Waals surface area contributed by atoms with Gasteiger partial charge in [0, 0.05) is 5.92 Å². The van der Waals surface area contributed by atoms with Gasteiger partial charge in [-0.1, -0.05) is 60.7 Å². The molecule has 1 unspecified atom stereocenters. The van der Waals surface area contributed by atoms with E-state index in [0.717, 1.165) is 34.4 Å². The normalized spacial score (nSPS) is 13.9. The highest BCUT2D eigenvalue weighted by Gasteiger charge is 2.34. The van der Waals surface area contributed by atoms with Crippen molar-refractivity contribution in [2.24, 2.45) is 0 Å². The first kappa shape index (κ1) is 26.2. The molecule has 2 N–H and O–H groups in total. The van der Waals surface area contributed by atoms with Crippen molar-refractivity contribution >= 4 is 12.1 Å². The number of amides is 1. The third-order valence-corrected chi connectivity index (χ3v) is 6.37. The molecular weight excluding hydrogens is 487 g/mol. The fraction of sp³-hybridized carbons (Fsp3) is 0.286. The Bertz CT molecular complexity index is 1240. The number of aliphatic hydroxyl groups is 1. The molecular formula is C28H26F3NO5. The van der Waals surface area contributed by atoms with E-state index in [0.29, 0.717) is 5.56 Å². The summed E-state index contributed by atoms with van der Waals surface area (Å²) in [5.41, 5.74) is 2.33. The van der Waals surface area contributed by atoms with Gasteiger partial charge in [0.15, 0.2) is 6.04 Å². The second-order valence-corrected chi connectivity index (χ2v) is 9.21. The van der Waals surface area contributed by atoms with Gasteiger partial charge in [-0.2, -0.15) is 13.2 Å². The van der Waals surface area contributed by atoms with E-state index < -0.39 is 42.1 Å². The van der Waals surface area contributed by atoms with Gasteiger partial charge in [-0.25, -0.2) is 9.59 Å². The molecule has 0 saturated carbocycles. The molecule has 3 aromatic rings. The summed E-state index contributed by atoms with van der Waals surface area (Å²) in [6.07, 6.45) is -5.40. The van der Waals surface area contributed by atoms with E-state index in [4.69, 9.17) is 9.47 Å². The van der Waals surface area contributed by atoms with Gasteiger partial charge in [-0.15, -0.1) is 0 Å². The lowest BCUT2D eigenvalue weighted by Gasteiger charge is -2.28. The Morgan fingerprint density at radius 2 is 1.41 bits per heavy atom. The van der Waals surface area contributed by atoms with Gasteiger partial charge >= 0.3 is 18.2 Å². The van der Waals surface area contributed by atoms with Gasteiger partial charge in [0.05, 0.1) is 12.2 Å². The van der Waals surface area contributed by atoms with Crippen molar-refractivity contribution in [3.63, 3.8) is 0 Å². The number of fused-ring (bicyclic) bond motifs is 3. The second-order valence-electron chi connectivity index (χ2n) is 9.21. The lowest BCUT2D eigenvalue weighted by atomic mass is 9.96. The van der Waals surface area contributed by atoms with Crippen molar-refractivity contribution < 1.29 is 37.3 Å². The smallest absolute Gasteiger partial charge is 0.416 e. The van der Waals surface area contributed by atoms with Crippen LogP contribution in [-0.4, -0.2) is 36.4 Å². The Labute approximate surface area is 212 Å². The number of alkyl carbamates (subject to hydrolysis) is 1. The number of hydrogen-bond donors (Lipinski definition) is 2. The van der Waals surface area contributed by atoms with E-state index in [1.165, 1.54) is 26.0 Å². The van der Waals surface area contributed by atoms with Gasteiger partial charge in [-0.3, -0.25) is 0 Å². The predicted molar refractivity (Wildman–Crippen MR) is 130 cm³/mol. The zero-order valence-electron chi connectivity index (χ0n) is 20.2. The van der Waals surface area contributed by atoms with Crippen LogP contribution >= 0.6 is 0 Å². The van der Waals surface area contributed by atoms with Crippen molar-refractivity contribution in [3.8, 4) is 11.1 Å². The molecule has 0 bridgehead atoms. The van der Waals surface area contributed by atoms with Crippen LogP contribution in [0.15, 0.2) is 72.8 Å². The molecule has 4 rings (SSSR count). The first-order valence-electron chi connectivity index (χ1n) is 11.6. The quantitative estimate of drug-likeness (QED) is 0.414. The largest absolute Gasteiger partial charge is 0.453 e. The van der Waals surface area contributed by atoms with Crippen LogP contribution in [0.2, 0.25) is 0 Å². The number of nitrogens with one attached hydrogen (secondary N) is 1. The molecule has 1 atom stereocenters. The van der Waals surface area contributed by atoms with Crippen LogP contribution in [0.25, 0.3) is 11.1 Å². The second kappa shape index (κ2) is 10.3. The highest BCUT2D eigenvalue weighted by atomic mass is 19.4. The Morgan fingerprint density at radius 1 is 0.892 bits per heavy atom. The number of benzene rings is 3. The van der Waals surface area contributed by atoms with Crippen molar-refractivity contribution in [3.05, 3.63) is 95.1 Å². The number of esters is 1. The SMILES string of the molecule is CC(C)(OC(=O)C(CO)NC(=O)OCC1c2ccccc2-c2ccccc21)c1ccc(C(F)(F)F)cc1. The molecule has 1 aliphatic rings. The van der Waals surface area contributed by atoms with Crippen molar-refractivity contribution in [2.75, 3.05) is 13.2 Å². The highest BCUT2D eigenvalue weighted by molar-refractivity contribution is 5.82. The van der Waals surface area contributed by atoms with Crippen LogP contribution in [-0.2, 0) is 26.0 Å². The molecule has 6 nitrogen and oxygen atoms in total. The molecule has 0 saturated heterocycles. The summed E-state index contributed by atoms with van der Waals surface area (Å²) in [5.74, 6) is -1.14. The number of aliphatic hydroxyl groups excluding tert-OH is 1. The molecule has 0 radical (unpaired) electrons. The van der Waals surface area contributed by atoms with Crippen molar-refractivity contribution in [1.29, 1.82) is 0 Å². The Hall–Kier alpha value is -3.85. The molecule has 3 aromatic carbocycles. The molecule has 1 amide bonds. The minimum Gasteiger partial charge on any atom is -0.453 e. The average molecular weight is 514 g/mol. The van der Waals surface area contributed by atoms with Gasteiger partial charge in [0.25, 0.3) is 0 Å². The van der Waals surface area contributed by atoms with Crippen LogP contribution in [0, 0.1) is 0 Å². The minimum atomic E-state index is -4.49. The predicted octanol–water partition coefficient (Wildman–Crippen LogP) is 5.38. The number of carbonyl (C=O) groups is 2. The molecule has 1 aliphatic carbocycles. The topological polar surface area (TPSA) is 84.9 Å². The van der Waals surface area contributed by atoms with Gasteiger partial charge in [0.2, 0.25) is 0 Å². The molecule has 37 heavy (non-hydrogen) atoms. The molecule has 0 spiro atoms. The lowest BCUT2D eigenvalue weighted by Crippen LogP contribution is -2.46. The van der Waals surface area contributed by atoms with Crippen LogP contribution in [0.3, 0.4) is 0 Å². The molecule has 194 valence electrons. The zero-order chi connectivity index (χ0) is 26.8. The molecule has 0 aromatic heterocycles. The maximum absolute atomic E-state index is 12.8. The third-order valence-electron chi connectivity index (χ3n) is 6.37. The maximum atomic E-state index is 12.8. The maximum Gasteiger partial charge on any atom is 0.416 e. The molecule has 0 aliphatic heterocycles. The Kier molecular flexibility index (Phi) is 7.27. The number of rotatable bonds is 7. The Balaban J connectivity index is 1.37. The molecule has 0 fully saturated rings. The lowest BCUT2D eigenvalue weighted by molar-refractivity contribution is -0.161. The summed E-state index contributed by atoms with van der Waals surface area (Å²) in [6, 6.07) is 18.4. The number of hydrogen-bond acceptors (Lipinski definition) is 5. The summed E-state index contributed by atoms with van der Waals surface area (Å²) in [7, 11) is 0. The fourth-order valence-corrected chi connectivity index (χ4v) is 4.40. The highest BCUT2D eigenvalue weighted by Crippen LogP contribution is 2.44. The van der Waals surface area contributed by atoms with Crippen LogP contribution in [0.1, 0.15) is 42.0 Å².